The molecule has 0 unspecified atom stereocenters. The van der Waals surface area contributed by atoms with Gasteiger partial charge < -0.3 is 15.6 Å². The van der Waals surface area contributed by atoms with E-state index in [-0.39, 0.29) is 34.0 Å². The van der Waals surface area contributed by atoms with Crippen LogP contribution in [0, 0.1) is 15.3 Å². The molecule has 146 valence electrons. The van der Waals surface area contributed by atoms with Crippen LogP contribution >= 0.6 is 0 Å². The molecule has 0 fully saturated rings. The first-order valence-electron chi connectivity index (χ1n) is 9.18. The van der Waals surface area contributed by atoms with Gasteiger partial charge in [0.05, 0.1) is 10.5 Å². The minimum absolute atomic E-state index is 0.179. The number of nitrogens with zero attached hydrogens (tertiary/aromatic N) is 2. The molecule has 0 atom stereocenters. The maximum atomic E-state index is 13.2. The van der Waals surface area contributed by atoms with E-state index in [2.05, 4.69) is 0 Å². The SMILES string of the molecule is CCCN(CCC)C(=O)c1cc([NH2+][O-])cc2c1-c1ccc([N+](=O)[O-])cc1C2=O. The number of nitro groups is 1. The Hall–Kier alpha value is -3.10. The summed E-state index contributed by atoms with van der Waals surface area (Å²) < 4.78 is 0. The molecule has 2 aromatic rings. The normalized spacial score (nSPS) is 11.9. The Balaban J connectivity index is 2.20. The number of ketones is 1. The number of nitrogens with two attached hydrogens (primary N) is 1. The number of benzene rings is 2. The zero-order valence-electron chi connectivity index (χ0n) is 15.7. The minimum atomic E-state index is -0.566. The number of quaternary nitrogens is 1. The van der Waals surface area contributed by atoms with Gasteiger partial charge in [-0.1, -0.05) is 13.8 Å². The summed E-state index contributed by atoms with van der Waals surface area (Å²) in [5, 5.41) is 22.5. The summed E-state index contributed by atoms with van der Waals surface area (Å²) in [7, 11) is 0. The van der Waals surface area contributed by atoms with E-state index in [1.54, 1.807) is 4.90 Å². The van der Waals surface area contributed by atoms with Crippen molar-refractivity contribution < 1.29 is 20.0 Å². The van der Waals surface area contributed by atoms with Crippen molar-refractivity contribution in [2.75, 3.05) is 13.1 Å². The van der Waals surface area contributed by atoms with Crippen molar-refractivity contribution in [2.24, 2.45) is 0 Å². The molecule has 0 saturated heterocycles. The summed E-state index contributed by atoms with van der Waals surface area (Å²) in [5.41, 5.74) is 2.26. The fourth-order valence-electron chi connectivity index (χ4n) is 3.59. The molecule has 2 aromatic carbocycles. The highest BCUT2D eigenvalue weighted by molar-refractivity contribution is 6.25. The molecule has 8 nitrogen and oxygen atoms in total. The van der Waals surface area contributed by atoms with Gasteiger partial charge >= 0.3 is 0 Å². The van der Waals surface area contributed by atoms with Gasteiger partial charge in [0.25, 0.3) is 11.6 Å². The second-order valence-corrected chi connectivity index (χ2v) is 6.72. The molecular formula is C20H21N3O5. The summed E-state index contributed by atoms with van der Waals surface area (Å²) in [6, 6.07) is 6.98. The number of non-ortho nitro benzene ring substituents is 1. The molecule has 0 saturated carbocycles. The molecule has 0 bridgehead atoms. The van der Waals surface area contributed by atoms with Crippen molar-refractivity contribution in [2.45, 2.75) is 26.7 Å². The number of hydrogen-bond donors (Lipinski definition) is 1. The van der Waals surface area contributed by atoms with E-state index < -0.39 is 10.7 Å². The Morgan fingerprint density at radius 3 is 2.32 bits per heavy atom. The van der Waals surface area contributed by atoms with Crippen molar-refractivity contribution in [1.82, 2.24) is 4.90 Å². The smallest absolute Gasteiger partial charge is 0.270 e. The predicted molar refractivity (Wildman–Crippen MR) is 103 cm³/mol. The average Bonchev–Trinajstić information content (AvgIpc) is 2.98. The molecule has 1 aliphatic rings. The molecule has 0 radical (unpaired) electrons. The van der Waals surface area contributed by atoms with Gasteiger partial charge in [-0.3, -0.25) is 19.7 Å². The van der Waals surface area contributed by atoms with Gasteiger partial charge in [-0.05, 0) is 24.5 Å². The van der Waals surface area contributed by atoms with E-state index in [1.807, 2.05) is 13.8 Å². The van der Waals surface area contributed by atoms with Crippen LogP contribution < -0.4 is 5.48 Å². The molecular weight excluding hydrogens is 362 g/mol. The summed E-state index contributed by atoms with van der Waals surface area (Å²) >= 11 is 0. The topological polar surface area (TPSA) is 120 Å². The first-order valence-corrected chi connectivity index (χ1v) is 9.18. The monoisotopic (exact) mass is 383 g/mol. The van der Waals surface area contributed by atoms with Gasteiger partial charge in [0, 0.05) is 54.0 Å². The fourth-order valence-corrected chi connectivity index (χ4v) is 3.59. The van der Waals surface area contributed by atoms with Crippen molar-refractivity contribution >= 4 is 23.1 Å². The molecule has 3 rings (SSSR count). The number of fused-ring (bicyclic) bond motifs is 3. The number of rotatable bonds is 7. The third kappa shape index (κ3) is 3.28. The number of carbonyl (C=O) groups is 2. The van der Waals surface area contributed by atoms with E-state index in [9.17, 15) is 24.9 Å². The van der Waals surface area contributed by atoms with Crippen LogP contribution in [0.25, 0.3) is 11.1 Å². The van der Waals surface area contributed by atoms with Crippen molar-refractivity contribution in [3.8, 4) is 11.1 Å². The van der Waals surface area contributed by atoms with Gasteiger partial charge in [0.15, 0.2) is 5.78 Å². The van der Waals surface area contributed by atoms with Crippen molar-refractivity contribution in [1.29, 1.82) is 0 Å². The molecule has 1 aliphatic carbocycles. The Kier molecular flexibility index (Phi) is 5.53. The van der Waals surface area contributed by atoms with Gasteiger partial charge in [-0.15, -0.1) is 0 Å². The van der Waals surface area contributed by atoms with E-state index in [1.165, 1.54) is 30.3 Å². The molecule has 28 heavy (non-hydrogen) atoms. The fraction of sp³-hybridized carbons (Fsp3) is 0.300. The molecule has 0 spiro atoms. The highest BCUT2D eigenvalue weighted by Crippen LogP contribution is 2.41. The number of amides is 1. The lowest BCUT2D eigenvalue weighted by Gasteiger charge is -2.23. The van der Waals surface area contributed by atoms with Gasteiger partial charge in [-0.25, -0.2) is 0 Å². The van der Waals surface area contributed by atoms with Crippen LogP contribution in [-0.2, 0) is 0 Å². The van der Waals surface area contributed by atoms with Crippen LogP contribution in [0.2, 0.25) is 0 Å². The van der Waals surface area contributed by atoms with Crippen LogP contribution in [0.15, 0.2) is 30.3 Å². The number of carbonyl (C=O) groups excluding carboxylic acids is 2. The minimum Gasteiger partial charge on any atom is -0.630 e. The van der Waals surface area contributed by atoms with Crippen molar-refractivity contribution in [3.63, 3.8) is 0 Å². The van der Waals surface area contributed by atoms with Crippen LogP contribution in [0.4, 0.5) is 11.4 Å². The lowest BCUT2D eigenvalue weighted by molar-refractivity contribution is -0.497. The van der Waals surface area contributed by atoms with Crippen LogP contribution in [0.1, 0.15) is 53.0 Å². The van der Waals surface area contributed by atoms with Crippen molar-refractivity contribution in [3.05, 3.63) is 62.3 Å². The second-order valence-electron chi connectivity index (χ2n) is 6.72. The highest BCUT2D eigenvalue weighted by atomic mass is 16.6. The predicted octanol–water partition coefficient (Wildman–Crippen LogP) is 2.76. The summed E-state index contributed by atoms with van der Waals surface area (Å²) in [6.07, 6.45) is 1.56. The lowest BCUT2D eigenvalue weighted by Crippen LogP contribution is -2.70. The standard InChI is InChI=1S/C20H21N3O5/c1-3-7-22(8-4-2)20(25)17-10-12(21-26)9-16-18(17)14-6-5-13(23(27)28)11-15(14)19(16)24/h5-6,9-11H,3-4,7-8,21H2,1-2H3. The third-order valence-corrected chi connectivity index (χ3v) is 4.77. The Morgan fingerprint density at radius 1 is 1.07 bits per heavy atom. The van der Waals surface area contributed by atoms with Gasteiger partial charge in [0.1, 0.15) is 5.69 Å². The molecule has 0 aliphatic heterocycles. The van der Waals surface area contributed by atoms with Gasteiger partial charge in [0.2, 0.25) is 0 Å². The average molecular weight is 383 g/mol. The van der Waals surface area contributed by atoms with Crippen LogP contribution in [-0.4, -0.2) is 34.6 Å². The molecule has 1 amide bonds. The summed E-state index contributed by atoms with van der Waals surface area (Å²) in [6.45, 7) is 5.07. The van der Waals surface area contributed by atoms with Crippen LogP contribution in [0.3, 0.4) is 0 Å². The van der Waals surface area contributed by atoms with E-state index >= 15 is 0 Å². The zero-order chi connectivity index (χ0) is 20.4. The Labute approximate surface area is 161 Å². The lowest BCUT2D eigenvalue weighted by atomic mass is 9.97. The first-order chi connectivity index (χ1) is 13.4. The van der Waals surface area contributed by atoms with E-state index in [4.69, 9.17) is 0 Å². The molecule has 8 heteroatoms. The largest absolute Gasteiger partial charge is 0.630 e. The maximum absolute atomic E-state index is 13.2. The summed E-state index contributed by atoms with van der Waals surface area (Å²) in [5.74, 6) is -0.661. The molecule has 0 aromatic heterocycles. The Morgan fingerprint density at radius 2 is 1.75 bits per heavy atom. The van der Waals surface area contributed by atoms with Gasteiger partial charge in [-0.2, -0.15) is 0 Å². The second kappa shape index (κ2) is 7.87. The van der Waals surface area contributed by atoms with Crippen LogP contribution in [0.5, 0.6) is 0 Å². The summed E-state index contributed by atoms with van der Waals surface area (Å²) in [4.78, 5) is 38.3. The molecule has 2 N–H and O–H groups in total. The van der Waals surface area contributed by atoms with E-state index in [0.29, 0.717) is 29.7 Å². The maximum Gasteiger partial charge on any atom is 0.270 e. The van der Waals surface area contributed by atoms with E-state index in [0.717, 1.165) is 12.8 Å². The third-order valence-electron chi connectivity index (χ3n) is 4.77. The first kappa shape index (κ1) is 19.7. The Bertz CT molecular complexity index is 965. The molecule has 0 heterocycles. The number of hydrogen-bond acceptors (Lipinski definition) is 5. The zero-order valence-corrected chi connectivity index (χ0v) is 15.7. The highest BCUT2D eigenvalue weighted by Gasteiger charge is 2.34. The number of nitro benzene ring substituents is 1. The quantitative estimate of drug-likeness (QED) is 0.382.